The Morgan fingerprint density at radius 1 is 1.27 bits per heavy atom. The molecule has 3 heterocycles. The molecule has 2 amide bonds. The molecular formula is C27H35ClN2O7. The van der Waals surface area contributed by atoms with Gasteiger partial charge in [0.2, 0.25) is 5.91 Å². The molecule has 4 rings (SSSR count). The first-order valence-electron chi connectivity index (χ1n) is 12.4. The van der Waals surface area contributed by atoms with Crippen LogP contribution in [0.1, 0.15) is 44.2 Å². The number of amides is 2. The van der Waals surface area contributed by atoms with E-state index in [4.69, 9.17) is 25.8 Å². The van der Waals surface area contributed by atoms with Crippen LogP contribution in [0.3, 0.4) is 0 Å². The highest BCUT2D eigenvalue weighted by molar-refractivity contribution is 6.34. The van der Waals surface area contributed by atoms with Gasteiger partial charge in [-0.2, -0.15) is 0 Å². The van der Waals surface area contributed by atoms with E-state index in [0.717, 1.165) is 16.7 Å². The number of ether oxygens (including phenoxy) is 3. The van der Waals surface area contributed by atoms with Crippen LogP contribution in [0.4, 0.5) is 10.5 Å². The molecule has 4 bridgehead atoms. The number of rotatable bonds is 1. The highest BCUT2D eigenvalue weighted by Crippen LogP contribution is 2.45. The Labute approximate surface area is 222 Å². The third kappa shape index (κ3) is 5.71. The molecular weight excluding hydrogens is 500 g/mol. The number of anilines is 1. The van der Waals surface area contributed by atoms with Crippen LogP contribution < -0.4 is 10.2 Å². The summed E-state index contributed by atoms with van der Waals surface area (Å²) in [6.07, 6.45) is 2.28. The highest BCUT2D eigenvalue weighted by atomic mass is 35.5. The molecule has 6 atom stereocenters. The number of aliphatic hydroxyl groups is 2. The number of aryl methyl sites for hydroxylation is 1. The largest absolute Gasteiger partial charge is 0.446 e. The Bertz CT molecular complexity index is 1140. The van der Waals surface area contributed by atoms with Gasteiger partial charge in [-0.1, -0.05) is 41.5 Å². The first-order chi connectivity index (χ1) is 17.4. The lowest BCUT2D eigenvalue weighted by Gasteiger charge is -2.40. The first kappa shape index (κ1) is 27.6. The topological polar surface area (TPSA) is 121 Å². The third-order valence-corrected chi connectivity index (χ3v) is 8.01. The predicted octanol–water partition coefficient (Wildman–Crippen LogP) is 3.17. The van der Waals surface area contributed by atoms with Gasteiger partial charge in [0.1, 0.15) is 17.8 Å². The van der Waals surface area contributed by atoms with Gasteiger partial charge in [0, 0.05) is 27.0 Å². The molecule has 10 heteroatoms. The molecule has 1 aromatic rings. The Morgan fingerprint density at radius 3 is 2.70 bits per heavy atom. The summed E-state index contributed by atoms with van der Waals surface area (Å²) in [5, 5.41) is 25.2. The van der Waals surface area contributed by atoms with Crippen LogP contribution in [0, 0.1) is 6.92 Å². The van der Waals surface area contributed by atoms with E-state index in [9.17, 15) is 19.8 Å². The molecule has 0 saturated carbocycles. The number of carbonyl (C=O) groups is 2. The van der Waals surface area contributed by atoms with Crippen molar-refractivity contribution in [2.24, 2.45) is 0 Å². The van der Waals surface area contributed by atoms with E-state index in [1.807, 2.05) is 32.1 Å². The third-order valence-electron chi connectivity index (χ3n) is 7.52. The van der Waals surface area contributed by atoms with E-state index in [1.54, 1.807) is 26.1 Å². The van der Waals surface area contributed by atoms with Gasteiger partial charge >= 0.3 is 6.09 Å². The maximum atomic E-state index is 13.1. The van der Waals surface area contributed by atoms with Crippen LogP contribution in [0.5, 0.6) is 0 Å². The Balaban J connectivity index is 1.70. The average Bonchev–Trinajstić information content (AvgIpc) is 3.47. The summed E-state index contributed by atoms with van der Waals surface area (Å²) in [7, 11) is 3.10. The van der Waals surface area contributed by atoms with Gasteiger partial charge < -0.3 is 29.3 Å². The van der Waals surface area contributed by atoms with Gasteiger partial charge in [0.05, 0.1) is 29.3 Å². The highest BCUT2D eigenvalue weighted by Gasteiger charge is 2.59. The fourth-order valence-electron chi connectivity index (χ4n) is 5.15. The number of hydrogen-bond acceptors (Lipinski definition) is 7. The summed E-state index contributed by atoms with van der Waals surface area (Å²) >= 11 is 6.57. The van der Waals surface area contributed by atoms with E-state index in [1.165, 1.54) is 12.0 Å². The molecule has 2 fully saturated rings. The van der Waals surface area contributed by atoms with E-state index in [0.29, 0.717) is 17.1 Å². The summed E-state index contributed by atoms with van der Waals surface area (Å²) in [5.74, 6) is -0.305. The number of hydrogen-bond donors (Lipinski definition) is 3. The number of carbonyl (C=O) groups excluding carboxylic acids is 2. The second-order valence-corrected chi connectivity index (χ2v) is 10.8. The van der Waals surface area contributed by atoms with E-state index in [-0.39, 0.29) is 25.2 Å². The van der Waals surface area contributed by atoms with Gasteiger partial charge in [-0.05, 0) is 44.4 Å². The lowest BCUT2D eigenvalue weighted by molar-refractivity contribution is -0.135. The number of benzene rings is 1. The molecule has 4 unspecified atom stereocenters. The molecule has 37 heavy (non-hydrogen) atoms. The fourth-order valence-corrected chi connectivity index (χ4v) is 5.38. The van der Waals surface area contributed by atoms with Crippen LogP contribution in [0.25, 0.3) is 0 Å². The van der Waals surface area contributed by atoms with Crippen LogP contribution in [0.15, 0.2) is 35.9 Å². The van der Waals surface area contributed by atoms with Crippen LogP contribution in [0.2, 0.25) is 5.02 Å². The van der Waals surface area contributed by atoms with E-state index < -0.39 is 41.8 Å². The van der Waals surface area contributed by atoms with Crippen molar-refractivity contribution in [1.82, 2.24) is 5.32 Å². The minimum atomic E-state index is -1.69. The Kier molecular flexibility index (Phi) is 7.74. The van der Waals surface area contributed by atoms with Crippen molar-refractivity contribution in [3.05, 3.63) is 52.1 Å². The zero-order chi connectivity index (χ0) is 27.1. The molecule has 1 aromatic carbocycles. The van der Waals surface area contributed by atoms with Crippen LogP contribution >= 0.6 is 11.6 Å². The monoisotopic (exact) mass is 534 g/mol. The zero-order valence-corrected chi connectivity index (χ0v) is 22.5. The number of epoxide rings is 1. The maximum Gasteiger partial charge on any atom is 0.409 e. The number of alkyl carbamates (subject to hydrolysis) is 1. The molecule has 2 saturated heterocycles. The molecule has 0 spiro atoms. The quantitative estimate of drug-likeness (QED) is 0.473. The lowest BCUT2D eigenvalue weighted by atomic mass is 9.90. The molecule has 0 aromatic heterocycles. The standard InChI is InChI=1S/C27H35ClN2O7/c1-15-7-6-8-21(35-5)27(34)14-18(36-25(33)29-27)12-22-26(3,37-22)20(31)13-23(32)30(4)19-11-17(9-15)10-16(2)24(19)28/h6-8,10-11,18,20-22,31,34H,9,12-14H2,1-5H3,(H,29,33)/b8-6+,15-7+/t18-,20?,21?,22?,26?,27+/m1/s1. The summed E-state index contributed by atoms with van der Waals surface area (Å²) in [4.78, 5) is 26.9. The second kappa shape index (κ2) is 10.4. The van der Waals surface area contributed by atoms with Crippen molar-refractivity contribution in [2.45, 2.75) is 82.2 Å². The number of fused-ring (bicyclic) bond motifs is 5. The van der Waals surface area contributed by atoms with Gasteiger partial charge in [-0.3, -0.25) is 10.1 Å². The van der Waals surface area contributed by atoms with Crippen LogP contribution in [-0.2, 0) is 25.4 Å². The number of nitrogens with zero attached hydrogens (tertiary/aromatic N) is 1. The minimum Gasteiger partial charge on any atom is -0.446 e. The van der Waals surface area contributed by atoms with Crippen LogP contribution in [-0.4, -0.2) is 72.1 Å². The van der Waals surface area contributed by atoms with Crippen molar-refractivity contribution in [3.63, 3.8) is 0 Å². The summed E-state index contributed by atoms with van der Waals surface area (Å²) in [6.45, 7) is 5.58. The molecule has 3 N–H and O–H groups in total. The number of methoxy groups -OCH3 is 1. The minimum absolute atomic E-state index is 0.0571. The SMILES string of the molecule is COC1/C=C/C=C(\C)Cc2cc(C)c(Cl)c(c2)N(C)C(=O)CC(O)C2(C)OC2C[C@@H]2C[C@@]1(O)NC(=O)O2. The number of halogens is 1. The zero-order valence-electron chi connectivity index (χ0n) is 21.8. The second-order valence-electron chi connectivity index (χ2n) is 10.5. The molecule has 9 nitrogen and oxygen atoms in total. The van der Waals surface area contributed by atoms with Gasteiger partial charge in [0.25, 0.3) is 0 Å². The van der Waals surface area contributed by atoms with Crippen molar-refractivity contribution < 1.29 is 34.0 Å². The Hall–Kier alpha value is -2.43. The van der Waals surface area contributed by atoms with Crippen molar-refractivity contribution >= 4 is 29.3 Å². The normalized spacial score (nSPS) is 37.1. The fraction of sp³-hybridized carbons (Fsp3) is 0.556. The summed E-state index contributed by atoms with van der Waals surface area (Å²) < 4.78 is 16.7. The van der Waals surface area contributed by atoms with Gasteiger partial charge in [-0.15, -0.1) is 0 Å². The Morgan fingerprint density at radius 2 is 2.00 bits per heavy atom. The van der Waals surface area contributed by atoms with Gasteiger partial charge in [-0.25, -0.2) is 4.79 Å². The van der Waals surface area contributed by atoms with Crippen molar-refractivity contribution in [3.8, 4) is 0 Å². The smallest absolute Gasteiger partial charge is 0.409 e. The number of allylic oxidation sites excluding steroid dienone is 3. The summed E-state index contributed by atoms with van der Waals surface area (Å²) in [5.41, 5.74) is 0.717. The van der Waals surface area contributed by atoms with Crippen molar-refractivity contribution in [1.29, 1.82) is 0 Å². The molecule has 0 aliphatic carbocycles. The lowest BCUT2D eigenvalue weighted by Crippen LogP contribution is -2.62. The molecule has 0 radical (unpaired) electrons. The summed E-state index contributed by atoms with van der Waals surface area (Å²) in [6, 6.07) is 3.86. The maximum absolute atomic E-state index is 13.1. The first-order valence-corrected chi connectivity index (χ1v) is 12.7. The van der Waals surface area contributed by atoms with E-state index >= 15 is 0 Å². The average molecular weight is 535 g/mol. The molecule has 3 aliphatic rings. The number of aliphatic hydroxyl groups excluding tert-OH is 1. The molecule has 202 valence electrons. The predicted molar refractivity (Wildman–Crippen MR) is 138 cm³/mol. The number of nitrogens with one attached hydrogen (secondary N) is 1. The molecule has 3 aliphatic heterocycles. The van der Waals surface area contributed by atoms with Gasteiger partial charge in [0.15, 0.2) is 5.72 Å². The van der Waals surface area contributed by atoms with E-state index in [2.05, 4.69) is 5.32 Å². The van der Waals surface area contributed by atoms with Crippen molar-refractivity contribution in [2.75, 3.05) is 19.1 Å².